The Balaban J connectivity index is 1.25. The fraction of sp³-hybridized carbons (Fsp3) is 0.662. The first-order valence-electron chi connectivity index (χ1n) is 36.5. The number of thioether (sulfide) groups is 1. The molecule has 4 saturated heterocycles. The van der Waals surface area contributed by atoms with Crippen molar-refractivity contribution in [3.05, 3.63) is 49.8 Å². The first-order chi connectivity index (χ1) is 53.5. The standard InChI is InChI=1S/C74H107IN8O27S3/c1-17-19-20-21-22-24-48(56-41(44(85)31-46(87)59(56)79-73(97)102-16)27-28-111-113-74(9,10)82-80-69(95)35(3)29-45(86)42(30-50(76)89)78-52(91)26-23-25-51(90)77-11)107-72-66(108-53-33-49(98-12)43(34-103-53)83(18-2)40(8)84)61(93)58(37(5)105-72)81-110-54-32-47(88)68(39(7)104-54)112-70(96)55-36(4)57(75)64(67(101-15)63(55)99-13)109-71-62(94)65(100-14)60(92)38(6)106-71/h20-21,27,35,37-39,42-44,47-49,53-54,58,60-62,65-66,68,71-72,81-82,85,88,92-94H,18,23,25-26,28-34H2,1-16H3,(H2,76,89)(H,77,90)(H,78,91)(H,79,97)(H,80,95)/b21-20-,41-27-/t35-,37?,38?,39?,42+,43?,44+,47?,48+,49?,53?,54?,58?,60?,61?,62?,65?,66?,68?,71?,72?/m1/s1. The number of aliphatic hydroxyl groups is 5. The van der Waals surface area contributed by atoms with Crippen LogP contribution in [0, 0.1) is 40.1 Å². The number of rotatable bonds is 36. The fourth-order valence-electron chi connectivity index (χ4n) is 13.0. The van der Waals surface area contributed by atoms with Crippen molar-refractivity contribution >= 4 is 108 Å². The van der Waals surface area contributed by atoms with Crippen molar-refractivity contribution in [2.75, 3.05) is 61.5 Å². The lowest BCUT2D eigenvalue weighted by Crippen LogP contribution is -2.65. The summed E-state index contributed by atoms with van der Waals surface area (Å²) in [4.78, 5) is 125. The second-order valence-electron chi connectivity index (χ2n) is 27.5. The van der Waals surface area contributed by atoms with Gasteiger partial charge in [0.1, 0.15) is 36.6 Å². The Hall–Kier alpha value is -6.27. The molecule has 6 amide bonds. The van der Waals surface area contributed by atoms with Gasteiger partial charge in [0.2, 0.25) is 46.7 Å². The van der Waals surface area contributed by atoms with Gasteiger partial charge in [0.25, 0.3) is 0 Å². The van der Waals surface area contributed by atoms with E-state index < -0.39 is 186 Å². The quantitative estimate of drug-likeness (QED) is 0.0114. The van der Waals surface area contributed by atoms with Gasteiger partial charge in [-0.3, -0.25) is 53.9 Å². The van der Waals surface area contributed by atoms with E-state index in [0.29, 0.717) is 15.7 Å². The third-order valence-corrected chi connectivity index (χ3v) is 24.6. The minimum absolute atomic E-state index is 0.000599. The molecule has 35 nitrogen and oxygen atoms in total. The van der Waals surface area contributed by atoms with Crippen molar-refractivity contribution in [3.63, 3.8) is 0 Å². The average Bonchev–Trinajstić information content (AvgIpc) is 0.801. The summed E-state index contributed by atoms with van der Waals surface area (Å²) in [6, 6.07) is -3.10. The van der Waals surface area contributed by atoms with E-state index in [1.165, 1.54) is 83.1 Å². The van der Waals surface area contributed by atoms with Crippen LogP contribution in [0.15, 0.2) is 35.1 Å². The van der Waals surface area contributed by atoms with Gasteiger partial charge in [-0.2, -0.15) is 5.48 Å². The predicted molar refractivity (Wildman–Crippen MR) is 420 cm³/mol. The molecular formula is C74H107IN8O27S3. The Morgan fingerprint density at radius 3 is 2.14 bits per heavy atom. The van der Waals surface area contributed by atoms with Crippen LogP contribution in [0.25, 0.3) is 0 Å². The summed E-state index contributed by atoms with van der Waals surface area (Å²) in [5.74, 6) is 6.54. The molecule has 13 N–H and O–H groups in total. The van der Waals surface area contributed by atoms with Crippen LogP contribution in [0.2, 0.25) is 0 Å². The van der Waals surface area contributed by atoms with Gasteiger partial charge in [-0.1, -0.05) is 64.1 Å². The number of carbonyl (C=O) groups is 9. The Morgan fingerprint density at radius 1 is 0.841 bits per heavy atom. The molecule has 21 atom stereocenters. The molecule has 0 spiro atoms. The summed E-state index contributed by atoms with van der Waals surface area (Å²) in [6.07, 6.45) is -18.5. The number of methoxy groups -OCH3 is 5. The molecule has 4 heterocycles. The highest BCUT2D eigenvalue weighted by atomic mass is 127. The SMILES string of the molecule is CC#C/C=C\C#C[C@H](OC1OC(C)C(NOC2CC(O)C(SC(=O)c3c(C)c(I)c(OC4OC(C)C(O)C(OC)C4O)c(OC)c3OC)C(C)O2)C(O)C1OC1CC(OC)C(N(CC)C(C)=O)CO1)C1=C(NC(=O)OC)C(=O)C[C@H](O)/C1=C/CSSC(C)(C)NNC(=O)[C@H](C)CC(=O)[C@H](CC(N)=O)NC(=O)CCCC(=O)NC. The number of nitrogens with zero attached hydrogens (tertiary/aromatic N) is 1. The van der Waals surface area contributed by atoms with Crippen LogP contribution in [0.4, 0.5) is 4.79 Å². The van der Waals surface area contributed by atoms with Crippen molar-refractivity contribution in [1.29, 1.82) is 0 Å². The predicted octanol–water partition coefficient (Wildman–Crippen LogP) is 2.04. The summed E-state index contributed by atoms with van der Waals surface area (Å²) in [7, 11) is 10.5. The number of nitrogens with one attached hydrogen (secondary N) is 6. The Kier molecular flexibility index (Phi) is 38.4. The maximum absolute atomic E-state index is 14.6. The number of halogens is 1. The van der Waals surface area contributed by atoms with E-state index in [-0.39, 0.29) is 102 Å². The number of benzene rings is 1. The summed E-state index contributed by atoms with van der Waals surface area (Å²) < 4.78 is 73.1. The highest BCUT2D eigenvalue weighted by molar-refractivity contribution is 14.1. The molecule has 0 aromatic heterocycles. The molecule has 39 heteroatoms. The van der Waals surface area contributed by atoms with E-state index in [9.17, 15) is 68.7 Å². The summed E-state index contributed by atoms with van der Waals surface area (Å²) >= 11 is 2.75. The van der Waals surface area contributed by atoms with Gasteiger partial charge in [0.05, 0.1) is 114 Å². The van der Waals surface area contributed by atoms with E-state index in [1.54, 1.807) is 66.4 Å². The number of amides is 6. The maximum Gasteiger partial charge on any atom is 0.411 e. The minimum Gasteiger partial charge on any atom is -0.492 e. The van der Waals surface area contributed by atoms with E-state index in [0.717, 1.165) is 18.9 Å². The van der Waals surface area contributed by atoms with Gasteiger partial charge in [0.15, 0.2) is 41.9 Å². The van der Waals surface area contributed by atoms with Crippen LogP contribution in [-0.2, 0) is 81.0 Å². The molecule has 1 aromatic rings. The van der Waals surface area contributed by atoms with E-state index in [2.05, 4.69) is 56.0 Å². The number of carbonyl (C=O) groups excluding carboxylic acids is 9. The van der Waals surface area contributed by atoms with Gasteiger partial charge in [-0.25, -0.2) is 10.2 Å². The van der Waals surface area contributed by atoms with Crippen molar-refractivity contribution in [2.24, 2.45) is 11.7 Å². The molecule has 0 radical (unpaired) electrons. The Morgan fingerprint density at radius 2 is 1.52 bits per heavy atom. The lowest BCUT2D eigenvalue weighted by molar-refractivity contribution is -0.337. The number of hydrazine groups is 1. The lowest BCUT2D eigenvalue weighted by atomic mass is 9.84. The zero-order chi connectivity index (χ0) is 83.9. The molecular weight excluding hydrogens is 1660 g/mol. The molecule has 1 aliphatic carbocycles. The number of hydrogen-bond donors (Lipinski definition) is 12. The third kappa shape index (κ3) is 26.1. The second kappa shape index (κ2) is 45.5. The minimum atomic E-state index is -1.70. The molecule has 0 bridgehead atoms. The van der Waals surface area contributed by atoms with Crippen LogP contribution in [0.5, 0.6) is 17.2 Å². The van der Waals surface area contributed by atoms with Gasteiger partial charge in [0, 0.05) is 90.5 Å². The first-order valence-corrected chi connectivity index (χ1v) is 40.8. The van der Waals surface area contributed by atoms with Crippen LogP contribution in [0.3, 0.4) is 0 Å². The summed E-state index contributed by atoms with van der Waals surface area (Å²) in [5.41, 5.74) is 13.8. The Labute approximate surface area is 682 Å². The highest BCUT2D eigenvalue weighted by Crippen LogP contribution is 2.49. The number of hydrogen-bond acceptors (Lipinski definition) is 32. The number of hydroxylamine groups is 1. The number of ether oxygens (including phenoxy) is 12. The number of alkyl carbamates (subject to hydrolysis) is 1. The number of likely N-dealkylation sites (N-methyl/N-ethyl adjacent to an activating group) is 1. The smallest absolute Gasteiger partial charge is 0.411 e. The van der Waals surface area contributed by atoms with Crippen molar-refractivity contribution in [1.82, 2.24) is 37.2 Å². The zero-order valence-corrected chi connectivity index (χ0v) is 70.6. The molecule has 630 valence electrons. The van der Waals surface area contributed by atoms with E-state index in [1.807, 2.05) is 22.6 Å². The molecule has 6 rings (SSSR count). The van der Waals surface area contributed by atoms with E-state index >= 15 is 0 Å². The van der Waals surface area contributed by atoms with Crippen molar-refractivity contribution in [3.8, 4) is 40.9 Å². The van der Waals surface area contributed by atoms with Crippen LogP contribution in [-0.4, -0.2) is 271 Å². The molecule has 0 saturated carbocycles. The number of ketones is 2. The normalized spacial score (nSPS) is 28.4. The Bertz CT molecular complexity index is 3730. The molecule has 4 fully saturated rings. The molecule has 1 aromatic carbocycles. The molecule has 17 unspecified atom stereocenters. The maximum atomic E-state index is 14.6. The number of Topliss-reactive ketones (excluding diaryl/α,β-unsaturated/α-hetero) is 2. The average molecular weight is 1760 g/mol. The molecule has 113 heavy (non-hydrogen) atoms. The molecule has 5 aliphatic rings. The largest absolute Gasteiger partial charge is 0.492 e. The van der Waals surface area contributed by atoms with Gasteiger partial charge < -0.3 is 104 Å². The van der Waals surface area contributed by atoms with Gasteiger partial charge in [-0.05, 0) is 108 Å². The number of aliphatic hydroxyl groups excluding tert-OH is 5. The van der Waals surface area contributed by atoms with Gasteiger partial charge >= 0.3 is 6.09 Å². The summed E-state index contributed by atoms with van der Waals surface area (Å²) in [6.45, 7) is 16.5. The fourth-order valence-corrected chi connectivity index (χ4v) is 16.9. The first kappa shape index (κ1) is 95.6. The topological polar surface area (TPSA) is 476 Å². The molecule has 4 aliphatic heterocycles. The monoisotopic (exact) mass is 1760 g/mol. The summed E-state index contributed by atoms with van der Waals surface area (Å²) in [5, 5.41) is 64.4. The zero-order valence-electron chi connectivity index (χ0n) is 66.0. The van der Waals surface area contributed by atoms with Gasteiger partial charge in [-0.15, -0.1) is 5.92 Å². The second-order valence-corrected chi connectivity index (χ2v) is 32.7. The van der Waals surface area contributed by atoms with Crippen LogP contribution < -0.4 is 52.2 Å². The number of nitrogens with two attached hydrogens (primary N) is 1. The van der Waals surface area contributed by atoms with Crippen molar-refractivity contribution < 1.29 is 130 Å². The number of allylic oxidation sites excluding steroid dienone is 3. The van der Waals surface area contributed by atoms with E-state index in [4.69, 9.17) is 67.4 Å². The van der Waals surface area contributed by atoms with Crippen LogP contribution >= 0.6 is 55.9 Å². The number of primary amides is 1. The third-order valence-electron chi connectivity index (χ3n) is 19.0. The van der Waals surface area contributed by atoms with Crippen molar-refractivity contribution in [2.45, 2.75) is 247 Å². The lowest BCUT2D eigenvalue weighted by Gasteiger charge is -2.47. The van der Waals surface area contributed by atoms with Crippen LogP contribution in [0.1, 0.15) is 130 Å². The highest BCUT2D eigenvalue weighted by Gasteiger charge is 2.52.